The quantitative estimate of drug-likeness (QED) is 0.538. The number of rotatable bonds is 6. The summed E-state index contributed by atoms with van der Waals surface area (Å²) < 4.78 is 5.73. The third kappa shape index (κ3) is 5.66. The first-order valence-electron chi connectivity index (χ1n) is 4.71. The van der Waals surface area contributed by atoms with Gasteiger partial charge in [-0.25, -0.2) is 0 Å². The molecule has 2 unspecified atom stereocenters. The normalized spacial score (nSPS) is 16.4. The van der Waals surface area contributed by atoms with Crippen LogP contribution in [0.5, 0.6) is 0 Å². The molecule has 0 spiro atoms. The van der Waals surface area contributed by atoms with Crippen LogP contribution in [0.2, 0.25) is 0 Å². The van der Waals surface area contributed by atoms with Crippen LogP contribution < -0.4 is 0 Å². The Kier molecular flexibility index (Phi) is 5.75. The second-order valence-corrected chi connectivity index (χ2v) is 6.16. The number of nitrogens with zero attached hydrogens (tertiary/aromatic N) is 1. The summed E-state index contributed by atoms with van der Waals surface area (Å²) in [5.74, 6) is -0.353. The van der Waals surface area contributed by atoms with Crippen molar-refractivity contribution in [3.8, 4) is 0 Å². The molecule has 0 aromatic heterocycles. The summed E-state index contributed by atoms with van der Waals surface area (Å²) >= 11 is 0. The molecule has 84 valence electrons. The molecule has 0 aliphatic rings. The third-order valence-corrected chi connectivity index (χ3v) is 3.11. The second kappa shape index (κ2) is 5.76. The van der Waals surface area contributed by atoms with Crippen molar-refractivity contribution < 1.29 is 18.9 Å². The van der Waals surface area contributed by atoms with E-state index in [1.165, 1.54) is 0 Å². The highest BCUT2D eigenvalue weighted by Crippen LogP contribution is 2.38. The number of likely N-dealkylation sites (N-methyl/N-ethyl adjacent to an activating group) is 1. The first-order valence-corrected chi connectivity index (χ1v) is 6.07. The van der Waals surface area contributed by atoms with Crippen molar-refractivity contribution in [2.75, 3.05) is 34.3 Å². The molecule has 2 atom stereocenters. The molecular weight excluding hydrogens is 201 g/mol. The van der Waals surface area contributed by atoms with E-state index < -0.39 is 8.15 Å². The van der Waals surface area contributed by atoms with Crippen LogP contribution in [0, 0.1) is 0 Å². The second-order valence-electron chi connectivity index (χ2n) is 4.24. The minimum Gasteiger partial charge on any atom is -0.371 e. The van der Waals surface area contributed by atoms with E-state index >= 15 is 0 Å². The zero-order chi connectivity index (χ0) is 11.4. The molecule has 14 heavy (non-hydrogen) atoms. The van der Waals surface area contributed by atoms with Crippen molar-refractivity contribution in [1.29, 1.82) is 0 Å². The van der Waals surface area contributed by atoms with Crippen LogP contribution in [0.4, 0.5) is 0 Å². The molecule has 0 amide bonds. The van der Waals surface area contributed by atoms with Gasteiger partial charge < -0.3 is 14.1 Å². The number of quaternary nitrogens is 1. The van der Waals surface area contributed by atoms with Crippen LogP contribution in [0.3, 0.4) is 0 Å². The minimum absolute atomic E-state index is 0.103. The van der Waals surface area contributed by atoms with Gasteiger partial charge in [0.2, 0.25) is 5.52 Å². The lowest BCUT2D eigenvalue weighted by atomic mass is 10.5. The predicted octanol–water partition coefficient (Wildman–Crippen LogP) is 0.991. The fourth-order valence-electron chi connectivity index (χ4n) is 0.993. The zero-order valence-electron chi connectivity index (χ0n) is 9.65. The highest BCUT2D eigenvalue weighted by molar-refractivity contribution is 7.70. The Bertz CT molecular complexity index is 191. The molecule has 0 aromatic carbocycles. The molecule has 0 fully saturated rings. The van der Waals surface area contributed by atoms with Gasteiger partial charge in [-0.15, -0.1) is 0 Å². The Balaban J connectivity index is 4.12. The molecule has 0 bridgehead atoms. The van der Waals surface area contributed by atoms with Gasteiger partial charge in [0.15, 0.2) is 0 Å². The van der Waals surface area contributed by atoms with E-state index in [-0.39, 0.29) is 11.4 Å². The van der Waals surface area contributed by atoms with Gasteiger partial charge >= 0.3 is 0 Å². The lowest BCUT2D eigenvalue weighted by Crippen LogP contribution is -2.39. The summed E-state index contributed by atoms with van der Waals surface area (Å²) in [7, 11) is 4.12. The summed E-state index contributed by atoms with van der Waals surface area (Å²) in [6.07, 6.45) is 0. The average molecular weight is 222 g/mol. The Morgan fingerprint density at radius 3 is 2.36 bits per heavy atom. The van der Waals surface area contributed by atoms with Gasteiger partial charge in [-0.3, -0.25) is 4.79 Å². The van der Waals surface area contributed by atoms with E-state index in [1.807, 2.05) is 28.1 Å². The van der Waals surface area contributed by atoms with Crippen molar-refractivity contribution in [1.82, 2.24) is 0 Å². The van der Waals surface area contributed by atoms with E-state index in [4.69, 9.17) is 4.74 Å². The SMILES string of the molecule is CCOC(C)P(O)C(=O)C[N+](C)(C)C. The van der Waals surface area contributed by atoms with E-state index in [0.717, 1.165) is 0 Å². The molecule has 0 rings (SSSR count). The Hall–Kier alpha value is -0.0200. The van der Waals surface area contributed by atoms with Crippen LogP contribution in [-0.2, 0) is 9.53 Å². The van der Waals surface area contributed by atoms with E-state index in [1.54, 1.807) is 6.92 Å². The van der Waals surface area contributed by atoms with Gasteiger partial charge in [-0.1, -0.05) is 0 Å². The monoisotopic (exact) mass is 222 g/mol. The molecule has 0 radical (unpaired) electrons. The summed E-state index contributed by atoms with van der Waals surface area (Å²) in [5.41, 5.74) is -0.103. The van der Waals surface area contributed by atoms with Crippen molar-refractivity contribution in [3.63, 3.8) is 0 Å². The molecule has 0 aliphatic carbocycles. The summed E-state index contributed by atoms with van der Waals surface area (Å²) in [6.45, 7) is 4.46. The first-order chi connectivity index (χ1) is 6.28. The molecule has 5 heteroatoms. The summed E-state index contributed by atoms with van der Waals surface area (Å²) in [4.78, 5) is 21.2. The number of ether oxygens (including phenoxy) is 1. The van der Waals surface area contributed by atoms with Gasteiger partial charge in [-0.05, 0) is 13.8 Å². The molecule has 0 aromatic rings. The predicted molar refractivity (Wildman–Crippen MR) is 58.1 cm³/mol. The first kappa shape index (κ1) is 14.0. The Morgan fingerprint density at radius 2 is 2.00 bits per heavy atom. The molecule has 0 saturated heterocycles. The van der Waals surface area contributed by atoms with E-state index in [0.29, 0.717) is 17.6 Å². The van der Waals surface area contributed by atoms with Crippen LogP contribution in [-0.4, -0.2) is 55.0 Å². The topological polar surface area (TPSA) is 46.5 Å². The summed E-state index contributed by atoms with van der Waals surface area (Å²) in [5, 5.41) is 0. The lowest BCUT2D eigenvalue weighted by molar-refractivity contribution is -0.861. The molecular formula is C9H21NO3P+. The van der Waals surface area contributed by atoms with Gasteiger partial charge in [0.25, 0.3) is 0 Å². The molecule has 0 heterocycles. The largest absolute Gasteiger partial charge is 0.371 e. The van der Waals surface area contributed by atoms with E-state index in [9.17, 15) is 9.69 Å². The molecule has 1 N–H and O–H groups in total. The maximum atomic E-state index is 11.6. The van der Waals surface area contributed by atoms with E-state index in [2.05, 4.69) is 0 Å². The molecule has 0 aliphatic heterocycles. The lowest BCUT2D eigenvalue weighted by Gasteiger charge is -2.25. The summed E-state index contributed by atoms with van der Waals surface area (Å²) in [6, 6.07) is 0. The number of hydrogen-bond acceptors (Lipinski definition) is 3. The standard InChI is InChI=1S/C9H21NO3P/c1-6-13-8(2)14(12)9(11)7-10(3,4)5/h8,12H,6-7H2,1-5H3/q+1. The zero-order valence-corrected chi connectivity index (χ0v) is 10.5. The van der Waals surface area contributed by atoms with Crippen LogP contribution in [0.1, 0.15) is 13.8 Å². The Morgan fingerprint density at radius 1 is 1.50 bits per heavy atom. The maximum Gasteiger partial charge on any atom is 0.237 e. The van der Waals surface area contributed by atoms with Crippen LogP contribution in [0.15, 0.2) is 0 Å². The number of hydrogen-bond donors (Lipinski definition) is 1. The molecule has 0 saturated carbocycles. The highest BCUT2D eigenvalue weighted by Gasteiger charge is 2.27. The minimum atomic E-state index is -1.65. The molecule has 4 nitrogen and oxygen atoms in total. The van der Waals surface area contributed by atoms with Crippen molar-refractivity contribution in [3.05, 3.63) is 0 Å². The highest BCUT2D eigenvalue weighted by atomic mass is 31.1. The fourth-order valence-corrected chi connectivity index (χ4v) is 2.26. The van der Waals surface area contributed by atoms with Crippen molar-refractivity contribution in [2.45, 2.75) is 19.7 Å². The van der Waals surface area contributed by atoms with Gasteiger partial charge in [-0.2, -0.15) is 0 Å². The third-order valence-electron chi connectivity index (χ3n) is 1.62. The van der Waals surface area contributed by atoms with Gasteiger partial charge in [0.05, 0.1) is 21.1 Å². The Labute approximate surface area is 87.3 Å². The van der Waals surface area contributed by atoms with Gasteiger partial charge in [0.1, 0.15) is 20.5 Å². The van der Waals surface area contributed by atoms with Gasteiger partial charge in [0, 0.05) is 6.61 Å². The van der Waals surface area contributed by atoms with Crippen molar-refractivity contribution in [2.24, 2.45) is 0 Å². The van der Waals surface area contributed by atoms with Crippen molar-refractivity contribution >= 4 is 13.7 Å². The van der Waals surface area contributed by atoms with Crippen LogP contribution in [0.25, 0.3) is 0 Å². The fraction of sp³-hybridized carbons (Fsp3) is 0.889. The number of carbonyl (C=O) groups excluding carboxylic acids is 1. The maximum absolute atomic E-state index is 11.6. The number of carbonyl (C=O) groups is 1. The average Bonchev–Trinajstić information content (AvgIpc) is 2.00. The van der Waals surface area contributed by atoms with Crippen LogP contribution >= 0.6 is 8.15 Å². The smallest absolute Gasteiger partial charge is 0.237 e.